The predicted octanol–water partition coefficient (Wildman–Crippen LogP) is 0.643. The van der Waals surface area contributed by atoms with Crippen molar-refractivity contribution < 1.29 is 18.3 Å². The van der Waals surface area contributed by atoms with Crippen molar-refractivity contribution in [2.24, 2.45) is 0 Å². The van der Waals surface area contributed by atoms with Gasteiger partial charge in [0, 0.05) is 32.4 Å². The first-order valence-electron chi connectivity index (χ1n) is 6.25. The maximum atomic E-state index is 12.1. The molecule has 1 atom stereocenters. The van der Waals surface area contributed by atoms with E-state index in [1.165, 1.54) is 19.2 Å². The van der Waals surface area contributed by atoms with E-state index in [1.807, 2.05) is 0 Å². The lowest BCUT2D eigenvalue weighted by Crippen LogP contribution is -2.41. The minimum atomic E-state index is -3.66. The number of methoxy groups -OCH3 is 1. The first-order valence-corrected chi connectivity index (χ1v) is 7.73. The summed E-state index contributed by atoms with van der Waals surface area (Å²) in [6, 6.07) is 4.49. The van der Waals surface area contributed by atoms with Gasteiger partial charge in [-0.1, -0.05) is 0 Å². The molecule has 0 aliphatic heterocycles. The second-order valence-electron chi connectivity index (χ2n) is 5.08. The average Bonchev–Trinajstić information content (AvgIpc) is 2.37. The highest BCUT2D eigenvalue weighted by atomic mass is 32.2. The molecule has 0 radical (unpaired) electrons. The molecule has 1 aromatic carbocycles. The van der Waals surface area contributed by atoms with E-state index in [1.54, 1.807) is 19.9 Å². The molecule has 0 saturated carbocycles. The van der Waals surface area contributed by atoms with Gasteiger partial charge in [-0.3, -0.25) is 0 Å². The molecule has 0 aliphatic rings. The number of ether oxygens (including phenoxy) is 1. The number of nitrogens with two attached hydrogens (primary N) is 1. The van der Waals surface area contributed by atoms with Crippen LogP contribution in [0.3, 0.4) is 0 Å². The number of sulfonamides is 1. The maximum Gasteiger partial charge on any atom is 0.240 e. The molecule has 0 heterocycles. The smallest absolute Gasteiger partial charge is 0.240 e. The zero-order valence-corrected chi connectivity index (χ0v) is 12.8. The van der Waals surface area contributed by atoms with E-state index in [2.05, 4.69) is 4.72 Å². The van der Waals surface area contributed by atoms with E-state index in [0.717, 1.165) is 0 Å². The van der Waals surface area contributed by atoms with E-state index in [-0.39, 0.29) is 11.4 Å². The molecule has 1 unspecified atom stereocenters. The second kappa shape index (κ2) is 6.53. The fourth-order valence-corrected chi connectivity index (χ4v) is 2.81. The van der Waals surface area contributed by atoms with Crippen LogP contribution in [0.15, 0.2) is 23.1 Å². The monoisotopic (exact) mass is 302 g/mol. The summed E-state index contributed by atoms with van der Waals surface area (Å²) in [5.74, 6) is 0. The number of aryl methyl sites for hydroxylation is 1. The Hall–Kier alpha value is -1.15. The molecule has 20 heavy (non-hydrogen) atoms. The SMILES string of the molecule is COCCC(C)(O)CNS(=O)(=O)c1ccc(N)c(C)c1. The van der Waals surface area contributed by atoms with Gasteiger partial charge in [-0.2, -0.15) is 0 Å². The van der Waals surface area contributed by atoms with Crippen LogP contribution in [-0.2, 0) is 14.8 Å². The highest BCUT2D eigenvalue weighted by Crippen LogP contribution is 2.17. The number of benzene rings is 1. The van der Waals surface area contributed by atoms with Crippen LogP contribution >= 0.6 is 0 Å². The van der Waals surface area contributed by atoms with E-state index >= 15 is 0 Å². The van der Waals surface area contributed by atoms with Gasteiger partial charge < -0.3 is 15.6 Å². The van der Waals surface area contributed by atoms with Crippen molar-refractivity contribution in [3.8, 4) is 0 Å². The molecule has 0 spiro atoms. The van der Waals surface area contributed by atoms with E-state index in [4.69, 9.17) is 10.5 Å². The molecule has 0 aliphatic carbocycles. The standard InChI is InChI=1S/C13H22N2O4S/c1-10-8-11(4-5-12(10)14)20(17,18)15-9-13(2,16)6-7-19-3/h4-5,8,15-16H,6-7,9,14H2,1-3H3. The molecular formula is C13H22N2O4S. The lowest BCUT2D eigenvalue weighted by molar-refractivity contribution is 0.0292. The van der Waals surface area contributed by atoms with Gasteiger partial charge in [0.25, 0.3) is 0 Å². The molecule has 7 heteroatoms. The summed E-state index contributed by atoms with van der Waals surface area (Å²) in [6.45, 7) is 3.57. The van der Waals surface area contributed by atoms with Crippen LogP contribution in [0.2, 0.25) is 0 Å². The fraction of sp³-hybridized carbons (Fsp3) is 0.538. The van der Waals surface area contributed by atoms with Crippen LogP contribution in [0.1, 0.15) is 18.9 Å². The Morgan fingerprint density at radius 1 is 1.45 bits per heavy atom. The number of aliphatic hydroxyl groups is 1. The maximum absolute atomic E-state index is 12.1. The minimum Gasteiger partial charge on any atom is -0.399 e. The van der Waals surface area contributed by atoms with Gasteiger partial charge in [0.1, 0.15) is 0 Å². The molecule has 1 aromatic rings. The van der Waals surface area contributed by atoms with Gasteiger partial charge >= 0.3 is 0 Å². The Labute approximate surface area is 120 Å². The molecule has 0 bridgehead atoms. The van der Waals surface area contributed by atoms with Crippen LogP contribution in [0.25, 0.3) is 0 Å². The zero-order chi connectivity index (χ0) is 15.4. The predicted molar refractivity (Wildman–Crippen MR) is 77.9 cm³/mol. The molecule has 4 N–H and O–H groups in total. The van der Waals surface area contributed by atoms with Gasteiger partial charge in [-0.05, 0) is 37.6 Å². The van der Waals surface area contributed by atoms with Gasteiger partial charge in [0.2, 0.25) is 10.0 Å². The number of anilines is 1. The Morgan fingerprint density at radius 3 is 2.65 bits per heavy atom. The largest absolute Gasteiger partial charge is 0.399 e. The van der Waals surface area contributed by atoms with Crippen molar-refractivity contribution in [1.82, 2.24) is 4.72 Å². The number of nitrogens with one attached hydrogen (secondary N) is 1. The summed E-state index contributed by atoms with van der Waals surface area (Å²) >= 11 is 0. The lowest BCUT2D eigenvalue weighted by atomic mass is 10.0. The summed E-state index contributed by atoms with van der Waals surface area (Å²) in [5, 5.41) is 10.0. The molecule has 0 saturated heterocycles. The summed E-state index contributed by atoms with van der Waals surface area (Å²) in [7, 11) is -2.14. The lowest BCUT2D eigenvalue weighted by Gasteiger charge is -2.23. The third kappa shape index (κ3) is 4.75. The van der Waals surface area contributed by atoms with Crippen LogP contribution in [0.4, 0.5) is 5.69 Å². The van der Waals surface area contributed by atoms with E-state index in [0.29, 0.717) is 24.3 Å². The Balaban J connectivity index is 2.77. The van der Waals surface area contributed by atoms with Crippen LogP contribution < -0.4 is 10.5 Å². The second-order valence-corrected chi connectivity index (χ2v) is 6.85. The molecule has 1 rings (SSSR count). The van der Waals surface area contributed by atoms with Gasteiger partial charge in [-0.25, -0.2) is 13.1 Å². The van der Waals surface area contributed by atoms with Crippen molar-refractivity contribution in [1.29, 1.82) is 0 Å². The Bertz CT molecular complexity index is 555. The molecule has 114 valence electrons. The van der Waals surface area contributed by atoms with Gasteiger partial charge in [-0.15, -0.1) is 0 Å². The molecule has 6 nitrogen and oxygen atoms in total. The number of nitrogen functional groups attached to an aromatic ring is 1. The summed E-state index contributed by atoms with van der Waals surface area (Å²) in [5.41, 5.74) is 5.73. The molecular weight excluding hydrogens is 280 g/mol. The quantitative estimate of drug-likeness (QED) is 0.642. The van der Waals surface area contributed by atoms with Crippen LogP contribution in [-0.4, -0.2) is 39.4 Å². The van der Waals surface area contributed by atoms with Crippen LogP contribution in [0, 0.1) is 6.92 Å². The third-order valence-electron chi connectivity index (χ3n) is 3.04. The van der Waals surface area contributed by atoms with Gasteiger partial charge in [0.05, 0.1) is 10.5 Å². The number of rotatable bonds is 7. The van der Waals surface area contributed by atoms with Gasteiger partial charge in [0.15, 0.2) is 0 Å². The third-order valence-corrected chi connectivity index (χ3v) is 4.44. The summed E-state index contributed by atoms with van der Waals surface area (Å²) in [4.78, 5) is 0.131. The van der Waals surface area contributed by atoms with Crippen molar-refractivity contribution in [3.05, 3.63) is 23.8 Å². The molecule has 0 amide bonds. The minimum absolute atomic E-state index is 0.0812. The number of hydrogen-bond donors (Lipinski definition) is 3. The first kappa shape index (κ1) is 16.9. The van der Waals surface area contributed by atoms with Crippen LogP contribution in [0.5, 0.6) is 0 Å². The highest BCUT2D eigenvalue weighted by molar-refractivity contribution is 7.89. The first-order chi connectivity index (χ1) is 9.18. The zero-order valence-electron chi connectivity index (χ0n) is 12.0. The topological polar surface area (TPSA) is 102 Å². The average molecular weight is 302 g/mol. The Morgan fingerprint density at radius 2 is 2.10 bits per heavy atom. The van der Waals surface area contributed by atoms with E-state index < -0.39 is 15.6 Å². The fourth-order valence-electron chi connectivity index (χ4n) is 1.56. The Kier molecular flexibility index (Phi) is 5.52. The van der Waals surface area contributed by atoms with Crippen molar-refractivity contribution >= 4 is 15.7 Å². The molecule has 0 fully saturated rings. The summed E-state index contributed by atoms with van der Waals surface area (Å²) in [6.07, 6.45) is 0.340. The van der Waals surface area contributed by atoms with Crippen molar-refractivity contribution in [3.63, 3.8) is 0 Å². The number of hydrogen-bond acceptors (Lipinski definition) is 5. The highest BCUT2D eigenvalue weighted by Gasteiger charge is 2.24. The van der Waals surface area contributed by atoms with E-state index in [9.17, 15) is 13.5 Å². The van der Waals surface area contributed by atoms with Crippen molar-refractivity contribution in [2.45, 2.75) is 30.8 Å². The van der Waals surface area contributed by atoms with Crippen molar-refractivity contribution in [2.75, 3.05) is 26.0 Å². The molecule has 0 aromatic heterocycles. The normalized spacial score (nSPS) is 15.0. The summed E-state index contributed by atoms with van der Waals surface area (Å²) < 4.78 is 31.5.